The number of benzene rings is 1. The van der Waals surface area contributed by atoms with Crippen molar-refractivity contribution in [1.29, 1.82) is 0 Å². The second kappa shape index (κ2) is 6.87. The summed E-state index contributed by atoms with van der Waals surface area (Å²) in [5, 5.41) is 21.8. The van der Waals surface area contributed by atoms with E-state index >= 15 is 0 Å². The minimum absolute atomic E-state index is 0.110. The highest BCUT2D eigenvalue weighted by Crippen LogP contribution is 2.32. The number of carboxylic acids is 1. The summed E-state index contributed by atoms with van der Waals surface area (Å²) in [6, 6.07) is 5.50. The number of carbonyl (C=O) groups excluding carboxylic acids is 1. The first-order valence-electron chi connectivity index (χ1n) is 7.40. The van der Waals surface area contributed by atoms with E-state index in [0.29, 0.717) is 12.8 Å². The molecule has 0 aliphatic heterocycles. The first-order valence-corrected chi connectivity index (χ1v) is 7.40. The zero-order valence-electron chi connectivity index (χ0n) is 12.2. The zero-order valence-corrected chi connectivity index (χ0v) is 12.2. The van der Waals surface area contributed by atoms with Gasteiger partial charge in [-0.3, -0.25) is 9.59 Å². The predicted octanol–water partition coefficient (Wildman–Crippen LogP) is 2.15. The number of amides is 1. The number of aliphatic hydroxyl groups excluding tert-OH is 1. The van der Waals surface area contributed by atoms with Gasteiger partial charge in [-0.2, -0.15) is 0 Å². The third kappa shape index (κ3) is 3.82. The minimum Gasteiger partial charge on any atom is -0.481 e. The SMILES string of the molecule is O=C(O)CC1(NC(=O)[C@H](O)c2ccccc2F)CCCCC1. The van der Waals surface area contributed by atoms with Crippen LogP contribution in [0.5, 0.6) is 0 Å². The highest BCUT2D eigenvalue weighted by atomic mass is 19.1. The van der Waals surface area contributed by atoms with Gasteiger partial charge >= 0.3 is 5.97 Å². The molecular weight excluding hydrogens is 289 g/mol. The van der Waals surface area contributed by atoms with Crippen LogP contribution in [-0.2, 0) is 9.59 Å². The van der Waals surface area contributed by atoms with Gasteiger partial charge in [0, 0.05) is 5.56 Å². The van der Waals surface area contributed by atoms with E-state index in [4.69, 9.17) is 5.11 Å². The Morgan fingerprint density at radius 1 is 1.23 bits per heavy atom. The molecule has 0 bridgehead atoms. The normalized spacial score (nSPS) is 18.5. The molecule has 0 radical (unpaired) electrons. The summed E-state index contributed by atoms with van der Waals surface area (Å²) in [6.45, 7) is 0. The summed E-state index contributed by atoms with van der Waals surface area (Å²) in [7, 11) is 0. The molecule has 0 unspecified atom stereocenters. The Hall–Kier alpha value is -1.95. The van der Waals surface area contributed by atoms with Crippen molar-refractivity contribution >= 4 is 11.9 Å². The molecule has 120 valence electrons. The van der Waals surface area contributed by atoms with E-state index in [1.807, 2.05) is 0 Å². The largest absolute Gasteiger partial charge is 0.481 e. The first-order chi connectivity index (χ1) is 10.4. The quantitative estimate of drug-likeness (QED) is 0.778. The predicted molar refractivity (Wildman–Crippen MR) is 77.6 cm³/mol. The highest BCUT2D eigenvalue weighted by molar-refractivity contribution is 5.83. The standard InChI is InChI=1S/C16H20FNO4/c17-12-7-3-2-6-11(12)14(21)15(22)18-16(10-13(19)20)8-4-1-5-9-16/h2-3,6-7,14,21H,1,4-5,8-10H2,(H,18,22)(H,19,20)/t14-/m1/s1. The van der Waals surface area contributed by atoms with Gasteiger partial charge in [-0.05, 0) is 18.9 Å². The molecule has 1 fully saturated rings. The Kier molecular flexibility index (Phi) is 5.13. The summed E-state index contributed by atoms with van der Waals surface area (Å²) >= 11 is 0. The molecule has 5 nitrogen and oxygen atoms in total. The lowest BCUT2D eigenvalue weighted by molar-refractivity contribution is -0.140. The molecule has 22 heavy (non-hydrogen) atoms. The van der Waals surface area contributed by atoms with Gasteiger partial charge in [0.15, 0.2) is 6.10 Å². The molecule has 1 aliphatic rings. The van der Waals surface area contributed by atoms with E-state index in [1.165, 1.54) is 24.3 Å². The molecule has 1 atom stereocenters. The minimum atomic E-state index is -1.64. The molecular formula is C16H20FNO4. The molecule has 0 heterocycles. The van der Waals surface area contributed by atoms with Crippen molar-refractivity contribution in [3.63, 3.8) is 0 Å². The zero-order chi connectivity index (χ0) is 16.2. The van der Waals surface area contributed by atoms with Crippen molar-refractivity contribution in [3.8, 4) is 0 Å². The van der Waals surface area contributed by atoms with Crippen LogP contribution in [0.1, 0.15) is 50.2 Å². The van der Waals surface area contributed by atoms with Crippen LogP contribution in [0.3, 0.4) is 0 Å². The molecule has 0 saturated heterocycles. The maximum Gasteiger partial charge on any atom is 0.305 e. The number of aliphatic hydroxyl groups is 1. The monoisotopic (exact) mass is 309 g/mol. The van der Waals surface area contributed by atoms with Gasteiger partial charge in [0.2, 0.25) is 0 Å². The lowest BCUT2D eigenvalue weighted by Crippen LogP contribution is -2.52. The van der Waals surface area contributed by atoms with E-state index in [2.05, 4.69) is 5.32 Å². The Bertz CT molecular complexity index is 555. The number of rotatable bonds is 5. The third-order valence-corrected chi connectivity index (χ3v) is 4.14. The lowest BCUT2D eigenvalue weighted by Gasteiger charge is -2.37. The van der Waals surface area contributed by atoms with Crippen LogP contribution in [-0.4, -0.2) is 27.6 Å². The van der Waals surface area contributed by atoms with Crippen molar-refractivity contribution < 1.29 is 24.2 Å². The molecule has 1 aliphatic carbocycles. The molecule has 0 spiro atoms. The Labute approximate surface area is 128 Å². The fourth-order valence-electron chi connectivity index (χ4n) is 3.03. The fourth-order valence-corrected chi connectivity index (χ4v) is 3.03. The summed E-state index contributed by atoms with van der Waals surface area (Å²) in [4.78, 5) is 23.3. The van der Waals surface area contributed by atoms with Crippen molar-refractivity contribution in [2.75, 3.05) is 0 Å². The number of aliphatic carboxylic acids is 1. The van der Waals surface area contributed by atoms with Gasteiger partial charge in [0.1, 0.15) is 5.82 Å². The van der Waals surface area contributed by atoms with Gasteiger partial charge in [-0.1, -0.05) is 37.5 Å². The third-order valence-electron chi connectivity index (χ3n) is 4.14. The van der Waals surface area contributed by atoms with Gasteiger partial charge < -0.3 is 15.5 Å². The van der Waals surface area contributed by atoms with Crippen molar-refractivity contribution in [2.24, 2.45) is 0 Å². The summed E-state index contributed by atoms with van der Waals surface area (Å²) < 4.78 is 13.7. The van der Waals surface area contributed by atoms with Crippen molar-refractivity contribution in [3.05, 3.63) is 35.6 Å². The summed E-state index contributed by atoms with van der Waals surface area (Å²) in [5.41, 5.74) is -0.964. The number of nitrogens with one attached hydrogen (secondary N) is 1. The Morgan fingerprint density at radius 2 is 1.86 bits per heavy atom. The fraction of sp³-hybridized carbons (Fsp3) is 0.500. The van der Waals surface area contributed by atoms with Gasteiger partial charge in [0.05, 0.1) is 12.0 Å². The second-order valence-corrected chi connectivity index (χ2v) is 5.82. The number of carbonyl (C=O) groups is 2. The van der Waals surface area contributed by atoms with Gasteiger partial charge in [0.25, 0.3) is 5.91 Å². The Balaban J connectivity index is 2.14. The topological polar surface area (TPSA) is 86.6 Å². The van der Waals surface area contributed by atoms with E-state index in [0.717, 1.165) is 19.3 Å². The molecule has 2 rings (SSSR count). The van der Waals surface area contributed by atoms with Crippen molar-refractivity contribution in [2.45, 2.75) is 50.2 Å². The van der Waals surface area contributed by atoms with E-state index in [-0.39, 0.29) is 12.0 Å². The smallest absolute Gasteiger partial charge is 0.305 e. The first kappa shape index (κ1) is 16.4. The summed E-state index contributed by atoms with van der Waals surface area (Å²) in [6.07, 6.45) is 1.90. The molecule has 1 aromatic carbocycles. The van der Waals surface area contributed by atoms with Crippen molar-refractivity contribution in [1.82, 2.24) is 5.32 Å². The highest BCUT2D eigenvalue weighted by Gasteiger charge is 2.37. The van der Waals surface area contributed by atoms with Crippen LogP contribution >= 0.6 is 0 Å². The molecule has 1 aromatic rings. The van der Waals surface area contributed by atoms with Crippen LogP contribution < -0.4 is 5.32 Å². The maximum atomic E-state index is 13.7. The molecule has 6 heteroatoms. The van der Waals surface area contributed by atoms with Crippen LogP contribution in [0.2, 0.25) is 0 Å². The van der Waals surface area contributed by atoms with Crippen LogP contribution in [0.4, 0.5) is 4.39 Å². The number of hydrogen-bond donors (Lipinski definition) is 3. The van der Waals surface area contributed by atoms with E-state index < -0.39 is 29.3 Å². The Morgan fingerprint density at radius 3 is 2.45 bits per heavy atom. The number of carboxylic acid groups (broad SMARTS) is 1. The molecule has 1 saturated carbocycles. The van der Waals surface area contributed by atoms with E-state index in [1.54, 1.807) is 0 Å². The number of hydrogen-bond acceptors (Lipinski definition) is 3. The van der Waals surface area contributed by atoms with Gasteiger partial charge in [-0.25, -0.2) is 4.39 Å². The summed E-state index contributed by atoms with van der Waals surface area (Å²) in [5.74, 6) is -2.42. The van der Waals surface area contributed by atoms with Crippen LogP contribution in [0.25, 0.3) is 0 Å². The van der Waals surface area contributed by atoms with Gasteiger partial charge in [-0.15, -0.1) is 0 Å². The van der Waals surface area contributed by atoms with E-state index in [9.17, 15) is 19.1 Å². The lowest BCUT2D eigenvalue weighted by atomic mass is 9.79. The maximum absolute atomic E-state index is 13.7. The molecule has 0 aromatic heterocycles. The number of halogens is 1. The van der Waals surface area contributed by atoms with Crippen LogP contribution in [0.15, 0.2) is 24.3 Å². The van der Waals surface area contributed by atoms with Crippen LogP contribution in [0, 0.1) is 5.82 Å². The average molecular weight is 309 g/mol. The second-order valence-electron chi connectivity index (χ2n) is 5.82. The molecule has 1 amide bonds. The molecule has 3 N–H and O–H groups in total. The average Bonchev–Trinajstić information content (AvgIpc) is 2.47.